The first-order chi connectivity index (χ1) is 15.8. The molecule has 0 bridgehead atoms. The Morgan fingerprint density at radius 2 is 1.85 bits per heavy atom. The lowest BCUT2D eigenvalue weighted by Gasteiger charge is -2.18. The predicted molar refractivity (Wildman–Crippen MR) is 126 cm³/mol. The first kappa shape index (κ1) is 21.7. The highest BCUT2D eigenvalue weighted by Gasteiger charge is 2.25. The van der Waals surface area contributed by atoms with Gasteiger partial charge in [-0.05, 0) is 42.5 Å². The first-order valence-corrected chi connectivity index (χ1v) is 10.2. The fraction of sp³-hybridized carbons (Fsp3) is 0.125. The summed E-state index contributed by atoms with van der Waals surface area (Å²) >= 11 is 0. The molecule has 0 unspecified atom stereocenters. The summed E-state index contributed by atoms with van der Waals surface area (Å²) in [5.74, 6) is -1.23. The number of aromatic nitrogens is 3. The number of anilines is 2. The van der Waals surface area contributed by atoms with E-state index in [4.69, 9.17) is 11.1 Å². The Bertz CT molecular complexity index is 1480. The van der Waals surface area contributed by atoms with Gasteiger partial charge in [-0.15, -0.1) is 0 Å². The van der Waals surface area contributed by atoms with Crippen LogP contribution in [0.15, 0.2) is 59.7 Å². The first-order valence-electron chi connectivity index (χ1n) is 10.2. The molecular formula is C24H23N6O3+. The van der Waals surface area contributed by atoms with Gasteiger partial charge in [-0.25, -0.2) is 20.2 Å². The van der Waals surface area contributed by atoms with Crippen molar-refractivity contribution in [3.05, 3.63) is 87.6 Å². The zero-order valence-electron chi connectivity index (χ0n) is 18.2. The van der Waals surface area contributed by atoms with Crippen LogP contribution in [0.2, 0.25) is 0 Å². The van der Waals surface area contributed by atoms with Gasteiger partial charge in [-0.2, -0.15) is 0 Å². The van der Waals surface area contributed by atoms with Crippen LogP contribution in [-0.2, 0) is 11.3 Å². The van der Waals surface area contributed by atoms with Gasteiger partial charge in [-0.3, -0.25) is 9.36 Å². The summed E-state index contributed by atoms with van der Waals surface area (Å²) < 4.78 is 1.66. The van der Waals surface area contributed by atoms with Crippen LogP contribution in [0.25, 0.3) is 16.5 Å². The van der Waals surface area contributed by atoms with Crippen LogP contribution in [0.4, 0.5) is 11.6 Å². The molecule has 0 spiro atoms. The van der Waals surface area contributed by atoms with Crippen molar-refractivity contribution in [3.63, 3.8) is 0 Å². The van der Waals surface area contributed by atoms with Gasteiger partial charge in [0.15, 0.2) is 0 Å². The zero-order chi connectivity index (χ0) is 23.7. The van der Waals surface area contributed by atoms with Gasteiger partial charge in [0.05, 0.1) is 17.6 Å². The molecular weight excluding hydrogens is 420 g/mol. The number of pyridine rings is 1. The summed E-state index contributed by atoms with van der Waals surface area (Å²) in [4.78, 5) is 33.0. The largest absolute Gasteiger partial charge is 0.473 e. The van der Waals surface area contributed by atoms with Crippen LogP contribution >= 0.6 is 0 Å². The fourth-order valence-corrected chi connectivity index (χ4v) is 3.88. The molecule has 0 atom stereocenters. The Morgan fingerprint density at radius 1 is 1.12 bits per heavy atom. The molecule has 0 saturated heterocycles. The molecule has 0 saturated carbocycles. The SMILES string of the molecule is Cc1ccccc1-n1c(CNc2ncnc(N)c2C(=[NH2+])C(=O)O)cc2cccc(C)c2c1=O. The van der Waals surface area contributed by atoms with Gasteiger partial charge < -0.3 is 16.2 Å². The minimum absolute atomic E-state index is 0.00595. The molecule has 0 aliphatic heterocycles. The van der Waals surface area contributed by atoms with Crippen LogP contribution < -0.4 is 22.0 Å². The maximum absolute atomic E-state index is 13.6. The summed E-state index contributed by atoms with van der Waals surface area (Å²) in [7, 11) is 0. The molecule has 4 rings (SSSR count). The van der Waals surface area contributed by atoms with Gasteiger partial charge >= 0.3 is 5.97 Å². The van der Waals surface area contributed by atoms with Crippen LogP contribution in [0.1, 0.15) is 22.4 Å². The van der Waals surface area contributed by atoms with E-state index in [-0.39, 0.29) is 29.3 Å². The normalized spacial score (nSPS) is 10.8. The standard InChI is InChI=1S/C24H22N6O3/c1-13-6-3-4-9-17(13)30-16(10-15-8-5-7-14(2)18(15)23(30)31)11-27-22-19(20(25)24(32)33)21(26)28-12-29-22/h3-10,12,25H,11H2,1-2H3,(H,32,33)(H3,26,27,28,29)/p+1. The van der Waals surface area contributed by atoms with Crippen molar-refractivity contribution >= 4 is 34.1 Å². The molecule has 0 amide bonds. The van der Waals surface area contributed by atoms with Gasteiger partial charge in [0.25, 0.3) is 11.3 Å². The Kier molecular flexibility index (Phi) is 5.61. The summed E-state index contributed by atoms with van der Waals surface area (Å²) in [5, 5.41) is 19.6. The van der Waals surface area contributed by atoms with Crippen molar-refractivity contribution in [2.45, 2.75) is 20.4 Å². The number of carboxylic acid groups (broad SMARTS) is 1. The number of nitrogens with one attached hydrogen (secondary N) is 1. The number of fused-ring (bicyclic) bond motifs is 1. The molecule has 166 valence electrons. The van der Waals surface area contributed by atoms with E-state index in [0.717, 1.165) is 22.2 Å². The summed E-state index contributed by atoms with van der Waals surface area (Å²) in [6.45, 7) is 4.00. The Hall–Kier alpha value is -4.53. The van der Waals surface area contributed by atoms with Gasteiger partial charge in [0.2, 0.25) is 0 Å². The lowest BCUT2D eigenvalue weighted by molar-refractivity contribution is -0.147. The van der Waals surface area contributed by atoms with Crippen molar-refractivity contribution < 1.29 is 15.3 Å². The average Bonchev–Trinajstić information content (AvgIpc) is 2.78. The van der Waals surface area contributed by atoms with E-state index in [9.17, 15) is 14.7 Å². The molecule has 33 heavy (non-hydrogen) atoms. The number of aryl methyl sites for hydroxylation is 2. The van der Waals surface area contributed by atoms with Crippen LogP contribution in [-0.4, -0.2) is 31.3 Å². The molecule has 9 heteroatoms. The number of para-hydroxylation sites is 1. The lowest BCUT2D eigenvalue weighted by atomic mass is 10.1. The summed E-state index contributed by atoms with van der Waals surface area (Å²) in [6, 6.07) is 15.2. The van der Waals surface area contributed by atoms with Crippen molar-refractivity contribution in [1.82, 2.24) is 14.5 Å². The zero-order valence-corrected chi connectivity index (χ0v) is 18.2. The molecule has 0 fully saturated rings. The second kappa shape index (κ2) is 8.54. The number of aliphatic carboxylic acids is 1. The predicted octanol–water partition coefficient (Wildman–Crippen LogP) is 1.22. The number of benzene rings is 2. The fourth-order valence-electron chi connectivity index (χ4n) is 3.88. The van der Waals surface area contributed by atoms with Crippen LogP contribution in [0.5, 0.6) is 0 Å². The van der Waals surface area contributed by atoms with Crippen LogP contribution in [0.3, 0.4) is 0 Å². The molecule has 2 heterocycles. The maximum Gasteiger partial charge on any atom is 0.401 e. The number of carboxylic acids is 1. The Balaban J connectivity index is 1.88. The van der Waals surface area contributed by atoms with E-state index in [2.05, 4.69) is 15.3 Å². The minimum Gasteiger partial charge on any atom is -0.473 e. The highest BCUT2D eigenvalue weighted by Crippen LogP contribution is 2.23. The number of nitrogen functional groups attached to an aromatic ring is 1. The third kappa shape index (κ3) is 3.91. The quantitative estimate of drug-likeness (QED) is 0.327. The van der Waals surface area contributed by atoms with Crippen molar-refractivity contribution in [2.24, 2.45) is 0 Å². The van der Waals surface area contributed by atoms with Crippen molar-refractivity contribution in [1.29, 1.82) is 0 Å². The summed E-state index contributed by atoms with van der Waals surface area (Å²) in [6.07, 6.45) is 1.22. The van der Waals surface area contributed by atoms with E-state index >= 15 is 0 Å². The number of carbonyl (C=O) groups is 1. The lowest BCUT2D eigenvalue weighted by Crippen LogP contribution is -2.46. The molecule has 0 aliphatic rings. The highest BCUT2D eigenvalue weighted by molar-refractivity contribution is 6.42. The molecule has 9 nitrogen and oxygen atoms in total. The number of nitrogens with zero attached hydrogens (tertiary/aromatic N) is 3. The molecule has 0 radical (unpaired) electrons. The molecule has 2 aromatic heterocycles. The number of rotatable bonds is 6. The van der Waals surface area contributed by atoms with Crippen LogP contribution in [0, 0.1) is 13.8 Å². The molecule has 2 aromatic carbocycles. The third-order valence-corrected chi connectivity index (χ3v) is 5.50. The van der Waals surface area contributed by atoms with E-state index in [1.54, 1.807) is 4.57 Å². The summed E-state index contributed by atoms with van der Waals surface area (Å²) in [5.41, 5.74) is 8.49. The van der Waals surface area contributed by atoms with Crippen molar-refractivity contribution in [2.75, 3.05) is 11.1 Å². The second-order valence-corrected chi connectivity index (χ2v) is 7.66. The number of hydrogen-bond donors (Lipinski definition) is 4. The van der Waals surface area contributed by atoms with E-state index in [1.165, 1.54) is 6.33 Å². The Morgan fingerprint density at radius 3 is 2.58 bits per heavy atom. The van der Waals surface area contributed by atoms with E-state index in [1.807, 2.05) is 62.4 Å². The van der Waals surface area contributed by atoms with Crippen molar-refractivity contribution in [3.8, 4) is 5.69 Å². The van der Waals surface area contributed by atoms with E-state index in [0.29, 0.717) is 11.1 Å². The van der Waals surface area contributed by atoms with E-state index < -0.39 is 11.7 Å². The smallest absolute Gasteiger partial charge is 0.401 e. The van der Waals surface area contributed by atoms with Gasteiger partial charge in [0, 0.05) is 5.69 Å². The van der Waals surface area contributed by atoms with Gasteiger partial charge in [0.1, 0.15) is 23.5 Å². The molecule has 0 aliphatic carbocycles. The number of hydrogen-bond acceptors (Lipinski definition) is 6. The highest BCUT2D eigenvalue weighted by atomic mass is 16.4. The second-order valence-electron chi connectivity index (χ2n) is 7.66. The third-order valence-electron chi connectivity index (χ3n) is 5.50. The Labute approximate surface area is 189 Å². The number of nitrogens with two attached hydrogens (primary N) is 2. The topological polar surface area (TPSA) is 149 Å². The molecule has 6 N–H and O–H groups in total. The maximum atomic E-state index is 13.6. The monoisotopic (exact) mass is 443 g/mol. The molecule has 4 aromatic rings. The average molecular weight is 443 g/mol. The minimum atomic E-state index is -1.34. The van der Waals surface area contributed by atoms with Gasteiger partial charge in [-0.1, -0.05) is 36.4 Å².